The lowest BCUT2D eigenvalue weighted by molar-refractivity contribution is -0.326. The number of halogens is 3. The molecule has 7 heteroatoms. The minimum Gasteiger partial charge on any atom is -0.481 e. The van der Waals surface area contributed by atoms with E-state index in [1.165, 1.54) is 0 Å². The van der Waals surface area contributed by atoms with Gasteiger partial charge in [0.1, 0.15) is 0 Å². The molecule has 0 saturated heterocycles. The molecular formula is C10H16F3NO3. The van der Waals surface area contributed by atoms with E-state index in [0.717, 1.165) is 12.8 Å². The normalized spacial score (nSPS) is 20.0. The standard InChI is InChI=1S/C10H16F3NO3/c11-10(12,13)17-4-3-9(6-14,8(15)16)5-7-1-2-7/h7H,1-6,14H2,(H,15,16). The van der Waals surface area contributed by atoms with Crippen molar-refractivity contribution in [3.05, 3.63) is 0 Å². The van der Waals surface area contributed by atoms with Gasteiger partial charge in [-0.1, -0.05) is 12.8 Å². The highest BCUT2D eigenvalue weighted by Gasteiger charge is 2.42. The third-order valence-corrected chi connectivity index (χ3v) is 3.07. The van der Waals surface area contributed by atoms with Crippen LogP contribution in [0.2, 0.25) is 0 Å². The molecule has 0 aromatic heterocycles. The maximum absolute atomic E-state index is 11.8. The van der Waals surface area contributed by atoms with E-state index in [1.807, 2.05) is 0 Å². The molecule has 4 nitrogen and oxygen atoms in total. The van der Waals surface area contributed by atoms with Crippen LogP contribution in [0.5, 0.6) is 0 Å². The van der Waals surface area contributed by atoms with Gasteiger partial charge in [-0.15, -0.1) is 13.2 Å². The van der Waals surface area contributed by atoms with Crippen LogP contribution in [0.25, 0.3) is 0 Å². The highest BCUT2D eigenvalue weighted by Crippen LogP contribution is 2.42. The fourth-order valence-electron chi connectivity index (χ4n) is 1.81. The predicted octanol–water partition coefficient (Wildman–Crippen LogP) is 1.74. The van der Waals surface area contributed by atoms with Gasteiger partial charge in [0, 0.05) is 6.54 Å². The quantitative estimate of drug-likeness (QED) is 0.726. The minimum atomic E-state index is -4.72. The van der Waals surface area contributed by atoms with Crippen LogP contribution in [-0.4, -0.2) is 30.6 Å². The first kappa shape index (κ1) is 14.2. The van der Waals surface area contributed by atoms with Crippen LogP contribution >= 0.6 is 0 Å². The lowest BCUT2D eigenvalue weighted by Gasteiger charge is -2.28. The lowest BCUT2D eigenvalue weighted by atomic mass is 9.79. The first-order valence-corrected chi connectivity index (χ1v) is 5.43. The average molecular weight is 255 g/mol. The Morgan fingerprint density at radius 3 is 2.35 bits per heavy atom. The van der Waals surface area contributed by atoms with Gasteiger partial charge in [-0.25, -0.2) is 0 Å². The van der Waals surface area contributed by atoms with E-state index in [0.29, 0.717) is 6.42 Å². The smallest absolute Gasteiger partial charge is 0.481 e. The molecule has 0 amide bonds. The summed E-state index contributed by atoms with van der Waals surface area (Å²) < 4.78 is 39.0. The topological polar surface area (TPSA) is 72.5 Å². The maximum Gasteiger partial charge on any atom is 0.522 e. The summed E-state index contributed by atoms with van der Waals surface area (Å²) in [6, 6.07) is 0. The first-order chi connectivity index (χ1) is 7.79. The zero-order chi connectivity index (χ0) is 13.1. The number of nitrogens with two attached hydrogens (primary N) is 1. The van der Waals surface area contributed by atoms with Gasteiger partial charge < -0.3 is 10.8 Å². The molecule has 0 aliphatic heterocycles. The molecule has 0 aromatic carbocycles. The van der Waals surface area contributed by atoms with E-state index in [9.17, 15) is 18.0 Å². The zero-order valence-corrected chi connectivity index (χ0v) is 9.29. The third kappa shape index (κ3) is 4.51. The molecule has 0 radical (unpaired) electrons. The van der Waals surface area contributed by atoms with Crippen molar-refractivity contribution in [1.29, 1.82) is 0 Å². The van der Waals surface area contributed by atoms with E-state index in [1.54, 1.807) is 0 Å². The van der Waals surface area contributed by atoms with E-state index in [4.69, 9.17) is 10.8 Å². The van der Waals surface area contributed by atoms with Gasteiger partial charge in [0.05, 0.1) is 12.0 Å². The molecule has 0 aromatic rings. The second kappa shape index (κ2) is 5.22. The molecule has 1 aliphatic rings. The van der Waals surface area contributed by atoms with Crippen LogP contribution in [0, 0.1) is 11.3 Å². The Bertz CT molecular complexity index is 278. The Morgan fingerprint density at radius 1 is 1.41 bits per heavy atom. The van der Waals surface area contributed by atoms with Crippen molar-refractivity contribution in [2.24, 2.45) is 17.1 Å². The summed E-state index contributed by atoms with van der Waals surface area (Å²) in [5.41, 5.74) is 4.13. The molecule has 3 N–H and O–H groups in total. The summed E-state index contributed by atoms with van der Waals surface area (Å²) in [5.74, 6) is -0.863. The summed E-state index contributed by atoms with van der Waals surface area (Å²) in [6.07, 6.45) is -2.75. The number of hydrogen-bond acceptors (Lipinski definition) is 3. The Labute approximate surface area is 96.9 Å². The van der Waals surface area contributed by atoms with E-state index in [2.05, 4.69) is 4.74 Å². The van der Waals surface area contributed by atoms with E-state index in [-0.39, 0.29) is 18.9 Å². The van der Waals surface area contributed by atoms with Gasteiger partial charge in [-0.3, -0.25) is 9.53 Å². The zero-order valence-electron chi connectivity index (χ0n) is 9.29. The molecule has 1 fully saturated rings. The van der Waals surface area contributed by atoms with Gasteiger partial charge in [0.25, 0.3) is 0 Å². The number of ether oxygens (including phenoxy) is 1. The second-order valence-electron chi connectivity index (χ2n) is 4.48. The van der Waals surface area contributed by atoms with Gasteiger partial charge in [-0.2, -0.15) is 0 Å². The van der Waals surface area contributed by atoms with Crippen molar-refractivity contribution in [2.45, 2.75) is 32.0 Å². The number of carbonyl (C=O) groups is 1. The van der Waals surface area contributed by atoms with Crippen molar-refractivity contribution in [1.82, 2.24) is 0 Å². The summed E-state index contributed by atoms with van der Waals surface area (Å²) in [7, 11) is 0. The van der Waals surface area contributed by atoms with Crippen LogP contribution in [-0.2, 0) is 9.53 Å². The molecule has 1 saturated carbocycles. The highest BCUT2D eigenvalue weighted by molar-refractivity contribution is 5.75. The predicted molar refractivity (Wildman–Crippen MR) is 53.1 cm³/mol. The molecule has 1 atom stereocenters. The average Bonchev–Trinajstić information content (AvgIpc) is 2.97. The van der Waals surface area contributed by atoms with E-state index >= 15 is 0 Å². The van der Waals surface area contributed by atoms with Crippen LogP contribution in [0.3, 0.4) is 0 Å². The number of rotatable bonds is 7. The lowest BCUT2D eigenvalue weighted by Crippen LogP contribution is -2.40. The fraction of sp³-hybridized carbons (Fsp3) is 0.900. The summed E-state index contributed by atoms with van der Waals surface area (Å²) in [5, 5.41) is 9.11. The van der Waals surface area contributed by atoms with Crippen molar-refractivity contribution < 1.29 is 27.8 Å². The number of hydrogen-bond donors (Lipinski definition) is 2. The van der Waals surface area contributed by atoms with Gasteiger partial charge in [-0.05, 0) is 18.8 Å². The molecule has 1 aliphatic carbocycles. The first-order valence-electron chi connectivity index (χ1n) is 5.43. The molecule has 0 bridgehead atoms. The second-order valence-corrected chi connectivity index (χ2v) is 4.48. The SMILES string of the molecule is NCC(CCOC(F)(F)F)(CC1CC1)C(=O)O. The van der Waals surface area contributed by atoms with Crippen LogP contribution in [0.15, 0.2) is 0 Å². The molecule has 0 spiro atoms. The number of carboxylic acids is 1. The van der Waals surface area contributed by atoms with Crippen molar-refractivity contribution in [3.63, 3.8) is 0 Å². The molecule has 17 heavy (non-hydrogen) atoms. The molecule has 100 valence electrons. The number of alkyl halides is 3. The monoisotopic (exact) mass is 255 g/mol. The van der Waals surface area contributed by atoms with Gasteiger partial charge >= 0.3 is 12.3 Å². The Hall–Kier alpha value is -0.820. The third-order valence-electron chi connectivity index (χ3n) is 3.07. The summed E-state index contributed by atoms with van der Waals surface area (Å²) >= 11 is 0. The molecule has 1 rings (SSSR count). The maximum atomic E-state index is 11.8. The van der Waals surface area contributed by atoms with Gasteiger partial charge in [0.2, 0.25) is 0 Å². The minimum absolute atomic E-state index is 0.167. The Kier molecular flexibility index (Phi) is 4.37. The highest BCUT2D eigenvalue weighted by atomic mass is 19.4. The Morgan fingerprint density at radius 2 is 2.00 bits per heavy atom. The fourth-order valence-corrected chi connectivity index (χ4v) is 1.81. The molecule has 0 heterocycles. The number of aliphatic carboxylic acids is 1. The van der Waals surface area contributed by atoms with Crippen molar-refractivity contribution in [3.8, 4) is 0 Å². The van der Waals surface area contributed by atoms with Crippen LogP contribution < -0.4 is 5.73 Å². The van der Waals surface area contributed by atoms with Crippen LogP contribution in [0.1, 0.15) is 25.7 Å². The molecular weight excluding hydrogens is 239 g/mol. The summed E-state index contributed by atoms with van der Waals surface area (Å²) in [6.45, 7) is -0.834. The van der Waals surface area contributed by atoms with Crippen LogP contribution in [0.4, 0.5) is 13.2 Å². The largest absolute Gasteiger partial charge is 0.522 e. The Balaban J connectivity index is 2.52. The van der Waals surface area contributed by atoms with E-state index < -0.39 is 24.4 Å². The molecule has 1 unspecified atom stereocenters. The van der Waals surface area contributed by atoms with Crippen molar-refractivity contribution in [2.75, 3.05) is 13.2 Å². The summed E-state index contributed by atoms with van der Waals surface area (Å²) in [4.78, 5) is 11.2. The van der Waals surface area contributed by atoms with Crippen molar-refractivity contribution >= 4 is 5.97 Å². The van der Waals surface area contributed by atoms with Gasteiger partial charge in [0.15, 0.2) is 0 Å². The number of carboxylic acid groups (broad SMARTS) is 1.